The molecule has 2 atom stereocenters. The molecule has 1 aliphatic carbocycles. The molecule has 1 heterocycles. The number of nitrogens with one attached hydrogen (secondary N) is 2. The van der Waals surface area contributed by atoms with Gasteiger partial charge >= 0.3 is 0 Å². The standard InChI is InChI=1S/C14H23N3OS.HI/c1-13(2)7-11(13)17-12(15-4)16-9-14(3,18)10-5-6-19-8-10;/h5-6,8,11,18H,7,9H2,1-4H3,(H2,15,16,17);1H. The molecule has 1 saturated carbocycles. The molecule has 20 heavy (non-hydrogen) atoms. The molecule has 6 heteroatoms. The smallest absolute Gasteiger partial charge is 0.191 e. The Labute approximate surface area is 142 Å². The Morgan fingerprint density at radius 3 is 2.70 bits per heavy atom. The van der Waals surface area contributed by atoms with Gasteiger partial charge in [0.1, 0.15) is 5.60 Å². The van der Waals surface area contributed by atoms with E-state index in [0.29, 0.717) is 18.0 Å². The first-order chi connectivity index (χ1) is 8.85. The van der Waals surface area contributed by atoms with Crippen molar-refractivity contribution in [1.82, 2.24) is 10.6 Å². The summed E-state index contributed by atoms with van der Waals surface area (Å²) >= 11 is 1.59. The van der Waals surface area contributed by atoms with Gasteiger partial charge in [-0.2, -0.15) is 11.3 Å². The number of hydrogen-bond acceptors (Lipinski definition) is 3. The second kappa shape index (κ2) is 6.62. The molecule has 3 N–H and O–H groups in total. The summed E-state index contributed by atoms with van der Waals surface area (Å²) in [5.41, 5.74) is 0.414. The number of thiophene rings is 1. The molecule has 1 fully saturated rings. The Kier molecular flexibility index (Phi) is 5.86. The van der Waals surface area contributed by atoms with Crippen molar-refractivity contribution < 1.29 is 5.11 Å². The Morgan fingerprint density at radius 2 is 2.25 bits per heavy atom. The summed E-state index contributed by atoms with van der Waals surface area (Å²) in [4.78, 5) is 4.20. The van der Waals surface area contributed by atoms with Crippen molar-refractivity contribution in [2.24, 2.45) is 10.4 Å². The van der Waals surface area contributed by atoms with Gasteiger partial charge < -0.3 is 15.7 Å². The zero-order valence-corrected chi connectivity index (χ0v) is 15.6. The number of nitrogens with zero attached hydrogens (tertiary/aromatic N) is 1. The highest BCUT2D eigenvalue weighted by Crippen LogP contribution is 2.44. The molecule has 0 aliphatic heterocycles. The van der Waals surface area contributed by atoms with E-state index in [0.717, 1.165) is 17.9 Å². The minimum absolute atomic E-state index is 0. The highest BCUT2D eigenvalue weighted by atomic mass is 127. The van der Waals surface area contributed by atoms with Gasteiger partial charge in [-0.25, -0.2) is 0 Å². The number of halogens is 1. The third-order valence-electron chi connectivity index (χ3n) is 3.79. The first-order valence-electron chi connectivity index (χ1n) is 6.57. The maximum absolute atomic E-state index is 10.4. The maximum atomic E-state index is 10.4. The minimum Gasteiger partial charge on any atom is -0.384 e. The van der Waals surface area contributed by atoms with Gasteiger partial charge in [0.15, 0.2) is 5.96 Å². The van der Waals surface area contributed by atoms with Crippen molar-refractivity contribution >= 4 is 41.3 Å². The van der Waals surface area contributed by atoms with E-state index >= 15 is 0 Å². The van der Waals surface area contributed by atoms with Crippen LogP contribution in [0.2, 0.25) is 0 Å². The van der Waals surface area contributed by atoms with Crippen molar-refractivity contribution in [3.63, 3.8) is 0 Å². The van der Waals surface area contributed by atoms with Crippen LogP contribution in [-0.4, -0.2) is 30.7 Å². The normalized spacial score (nSPS) is 23.4. The third-order valence-corrected chi connectivity index (χ3v) is 4.47. The first-order valence-corrected chi connectivity index (χ1v) is 7.52. The van der Waals surface area contributed by atoms with Crippen molar-refractivity contribution in [3.8, 4) is 0 Å². The molecule has 0 saturated heterocycles. The molecule has 2 unspecified atom stereocenters. The van der Waals surface area contributed by atoms with E-state index in [1.54, 1.807) is 18.4 Å². The first kappa shape index (κ1) is 17.7. The number of aliphatic hydroxyl groups is 1. The van der Waals surface area contributed by atoms with Crippen LogP contribution in [0.25, 0.3) is 0 Å². The molecule has 114 valence electrons. The van der Waals surface area contributed by atoms with Crippen LogP contribution in [0.3, 0.4) is 0 Å². The van der Waals surface area contributed by atoms with Gasteiger partial charge in [-0.1, -0.05) is 13.8 Å². The lowest BCUT2D eigenvalue weighted by molar-refractivity contribution is 0.0621. The van der Waals surface area contributed by atoms with Gasteiger partial charge in [0.05, 0.1) is 6.54 Å². The Hall–Kier alpha value is -0.340. The summed E-state index contributed by atoms with van der Waals surface area (Å²) in [6, 6.07) is 2.43. The fraction of sp³-hybridized carbons (Fsp3) is 0.643. The van der Waals surface area contributed by atoms with Gasteiger partial charge in [-0.05, 0) is 41.1 Å². The number of guanidine groups is 1. The lowest BCUT2D eigenvalue weighted by atomic mass is 9.99. The molecular weight excluding hydrogens is 385 g/mol. The maximum Gasteiger partial charge on any atom is 0.191 e. The van der Waals surface area contributed by atoms with Crippen LogP contribution in [-0.2, 0) is 5.60 Å². The van der Waals surface area contributed by atoms with Crippen molar-refractivity contribution in [2.75, 3.05) is 13.6 Å². The largest absolute Gasteiger partial charge is 0.384 e. The van der Waals surface area contributed by atoms with Gasteiger partial charge in [0.25, 0.3) is 0 Å². The highest BCUT2D eigenvalue weighted by Gasteiger charge is 2.46. The minimum atomic E-state index is -0.878. The number of hydrogen-bond donors (Lipinski definition) is 3. The SMILES string of the molecule is CN=C(NCC(C)(O)c1ccsc1)NC1CC1(C)C.I. The van der Waals surface area contributed by atoms with Gasteiger partial charge in [-0.3, -0.25) is 4.99 Å². The topological polar surface area (TPSA) is 56.7 Å². The van der Waals surface area contributed by atoms with Crippen LogP contribution in [0.5, 0.6) is 0 Å². The summed E-state index contributed by atoms with van der Waals surface area (Å²) in [6.45, 7) is 6.73. The fourth-order valence-electron chi connectivity index (χ4n) is 2.00. The molecule has 0 bridgehead atoms. The Balaban J connectivity index is 0.00000200. The van der Waals surface area contributed by atoms with E-state index in [-0.39, 0.29) is 24.0 Å². The van der Waals surface area contributed by atoms with Crippen LogP contribution < -0.4 is 10.6 Å². The van der Waals surface area contributed by atoms with Crippen molar-refractivity contribution in [3.05, 3.63) is 22.4 Å². The van der Waals surface area contributed by atoms with E-state index in [4.69, 9.17) is 0 Å². The number of aliphatic imine (C=N–C) groups is 1. The average molecular weight is 409 g/mol. The zero-order chi connectivity index (χ0) is 14.1. The fourth-order valence-corrected chi connectivity index (χ4v) is 2.78. The molecule has 1 aromatic rings. The predicted octanol–water partition coefficient (Wildman–Crippen LogP) is 2.54. The molecule has 2 rings (SSSR count). The summed E-state index contributed by atoms with van der Waals surface area (Å²) in [7, 11) is 1.75. The van der Waals surface area contributed by atoms with E-state index in [1.807, 2.05) is 23.8 Å². The molecular formula is C14H24IN3OS. The average Bonchev–Trinajstić information content (AvgIpc) is 2.80. The second-order valence-corrected chi connectivity index (χ2v) is 6.88. The number of rotatable bonds is 4. The van der Waals surface area contributed by atoms with Gasteiger partial charge in [0, 0.05) is 13.1 Å². The summed E-state index contributed by atoms with van der Waals surface area (Å²) < 4.78 is 0. The predicted molar refractivity (Wildman–Crippen MR) is 96.0 cm³/mol. The highest BCUT2D eigenvalue weighted by molar-refractivity contribution is 14.0. The second-order valence-electron chi connectivity index (χ2n) is 6.10. The third kappa shape index (κ3) is 4.33. The zero-order valence-electron chi connectivity index (χ0n) is 12.4. The molecule has 0 aromatic carbocycles. The van der Waals surface area contributed by atoms with Crippen LogP contribution in [0.4, 0.5) is 0 Å². The lowest BCUT2D eigenvalue weighted by Gasteiger charge is -2.24. The molecule has 4 nitrogen and oxygen atoms in total. The monoisotopic (exact) mass is 409 g/mol. The Bertz CT molecular complexity index is 457. The molecule has 1 aliphatic rings. The van der Waals surface area contributed by atoms with Crippen LogP contribution >= 0.6 is 35.3 Å². The molecule has 1 aromatic heterocycles. The summed E-state index contributed by atoms with van der Waals surface area (Å²) in [5.74, 6) is 0.756. The lowest BCUT2D eigenvalue weighted by Crippen LogP contribution is -2.45. The van der Waals surface area contributed by atoms with Crippen molar-refractivity contribution in [1.29, 1.82) is 0 Å². The van der Waals surface area contributed by atoms with Crippen LogP contribution in [0.1, 0.15) is 32.8 Å². The quantitative estimate of drug-likeness (QED) is 0.407. The summed E-state index contributed by atoms with van der Waals surface area (Å²) in [5, 5.41) is 21.0. The van der Waals surface area contributed by atoms with Gasteiger partial charge in [-0.15, -0.1) is 24.0 Å². The van der Waals surface area contributed by atoms with Crippen molar-refractivity contribution in [2.45, 2.75) is 38.8 Å². The Morgan fingerprint density at radius 1 is 1.60 bits per heavy atom. The van der Waals surface area contributed by atoms with E-state index < -0.39 is 5.60 Å². The van der Waals surface area contributed by atoms with Gasteiger partial charge in [0.2, 0.25) is 0 Å². The molecule has 0 radical (unpaired) electrons. The van der Waals surface area contributed by atoms with Crippen LogP contribution in [0, 0.1) is 5.41 Å². The molecule has 0 amide bonds. The summed E-state index contributed by atoms with van der Waals surface area (Å²) in [6.07, 6.45) is 1.16. The molecule has 0 spiro atoms. The van der Waals surface area contributed by atoms with Crippen LogP contribution in [0.15, 0.2) is 21.8 Å². The van der Waals surface area contributed by atoms with E-state index in [1.165, 1.54) is 0 Å². The van der Waals surface area contributed by atoms with E-state index in [9.17, 15) is 5.11 Å². The van der Waals surface area contributed by atoms with E-state index in [2.05, 4.69) is 29.5 Å².